The maximum absolute atomic E-state index is 12.7. The Morgan fingerprint density at radius 3 is 2.48 bits per heavy atom. The van der Waals surface area contributed by atoms with Crippen molar-refractivity contribution in [1.82, 2.24) is 4.31 Å². The van der Waals surface area contributed by atoms with Crippen LogP contribution in [-0.4, -0.2) is 52.1 Å². The van der Waals surface area contributed by atoms with Crippen LogP contribution in [0.2, 0.25) is 0 Å². The van der Waals surface area contributed by atoms with Gasteiger partial charge in [-0.15, -0.1) is 0 Å². The summed E-state index contributed by atoms with van der Waals surface area (Å²) in [7, 11) is -0.730. The summed E-state index contributed by atoms with van der Waals surface area (Å²) in [6, 6.07) is 13.6. The van der Waals surface area contributed by atoms with Gasteiger partial charge in [-0.1, -0.05) is 24.3 Å². The predicted octanol–water partition coefficient (Wildman–Crippen LogP) is 2.16. The van der Waals surface area contributed by atoms with E-state index in [0.29, 0.717) is 24.3 Å². The van der Waals surface area contributed by atoms with E-state index in [1.54, 1.807) is 49.5 Å². The Labute approximate surface area is 147 Å². The van der Waals surface area contributed by atoms with Crippen LogP contribution in [0.3, 0.4) is 0 Å². The van der Waals surface area contributed by atoms with Gasteiger partial charge in [-0.25, -0.2) is 13.2 Å². The number of epoxide rings is 1. The second kappa shape index (κ2) is 6.95. The Hall–Kier alpha value is -2.22. The number of hydrogen-bond acceptors (Lipinski definition) is 5. The molecule has 0 radical (unpaired) electrons. The van der Waals surface area contributed by atoms with Crippen molar-refractivity contribution in [3.05, 3.63) is 54.1 Å². The van der Waals surface area contributed by atoms with E-state index >= 15 is 0 Å². The molecule has 25 heavy (non-hydrogen) atoms. The highest BCUT2D eigenvalue weighted by molar-refractivity contribution is 7.89. The summed E-state index contributed by atoms with van der Waals surface area (Å²) >= 11 is 0. The number of esters is 1. The van der Waals surface area contributed by atoms with E-state index in [0.717, 1.165) is 5.56 Å². The van der Waals surface area contributed by atoms with Crippen LogP contribution < -0.4 is 0 Å². The number of rotatable bonds is 6. The summed E-state index contributed by atoms with van der Waals surface area (Å²) in [6.45, 7) is 0.935. The van der Waals surface area contributed by atoms with Gasteiger partial charge in [0.2, 0.25) is 10.0 Å². The lowest BCUT2D eigenvalue weighted by Crippen LogP contribution is -2.30. The summed E-state index contributed by atoms with van der Waals surface area (Å²) in [4.78, 5) is 11.9. The van der Waals surface area contributed by atoms with Crippen LogP contribution in [0.4, 0.5) is 0 Å². The zero-order chi connectivity index (χ0) is 18.0. The molecule has 0 aliphatic carbocycles. The lowest BCUT2D eigenvalue weighted by atomic mass is 10.0. The lowest BCUT2D eigenvalue weighted by Gasteiger charge is -2.16. The zero-order valence-electron chi connectivity index (χ0n) is 14.0. The van der Waals surface area contributed by atoms with Crippen LogP contribution in [0.15, 0.2) is 53.4 Å². The van der Waals surface area contributed by atoms with E-state index in [9.17, 15) is 13.2 Å². The Kier molecular flexibility index (Phi) is 4.89. The molecule has 3 rings (SSSR count). The van der Waals surface area contributed by atoms with Gasteiger partial charge in [0, 0.05) is 13.6 Å². The maximum Gasteiger partial charge on any atom is 0.337 e. The fraction of sp³-hybridized carbons (Fsp3) is 0.278. The molecule has 1 saturated heterocycles. The third-order valence-electron chi connectivity index (χ3n) is 4.02. The van der Waals surface area contributed by atoms with Gasteiger partial charge in [0.1, 0.15) is 0 Å². The SMILES string of the molecule is COC(=O)c1cccc(-c2cccc(S(=O)(=O)N(C)C[C@H]3CO3)c2)c1. The van der Waals surface area contributed by atoms with Crippen molar-refractivity contribution in [2.24, 2.45) is 0 Å². The fourth-order valence-corrected chi connectivity index (χ4v) is 3.77. The van der Waals surface area contributed by atoms with Crippen LogP contribution >= 0.6 is 0 Å². The lowest BCUT2D eigenvalue weighted by molar-refractivity contribution is 0.0601. The normalized spacial score (nSPS) is 16.7. The Morgan fingerprint density at radius 1 is 1.20 bits per heavy atom. The molecule has 0 spiro atoms. The minimum atomic E-state index is -3.59. The van der Waals surface area contributed by atoms with Gasteiger partial charge in [-0.05, 0) is 35.4 Å². The monoisotopic (exact) mass is 361 g/mol. The number of nitrogens with zero attached hydrogens (tertiary/aromatic N) is 1. The summed E-state index contributed by atoms with van der Waals surface area (Å²) < 4.78 is 36.5. The number of likely N-dealkylation sites (N-methyl/N-ethyl adjacent to an activating group) is 1. The standard InChI is InChI=1S/C18H19NO5S/c1-19(11-16-12-24-16)25(21,22)17-8-4-6-14(10-17)13-5-3-7-15(9-13)18(20)23-2/h3-10,16H,11-12H2,1-2H3/t16-/m0/s1. The molecule has 0 bridgehead atoms. The van der Waals surface area contributed by atoms with Crippen LogP contribution in [0.25, 0.3) is 11.1 Å². The molecule has 0 saturated carbocycles. The number of benzene rings is 2. The minimum absolute atomic E-state index is 0.0142. The number of carbonyl (C=O) groups excluding carboxylic acids is 1. The molecule has 0 amide bonds. The average Bonchev–Trinajstić information content (AvgIpc) is 3.45. The van der Waals surface area contributed by atoms with Gasteiger partial charge in [0.25, 0.3) is 0 Å². The number of hydrogen-bond donors (Lipinski definition) is 0. The molecular weight excluding hydrogens is 342 g/mol. The predicted molar refractivity (Wildman–Crippen MR) is 92.8 cm³/mol. The smallest absolute Gasteiger partial charge is 0.337 e. The molecule has 1 fully saturated rings. The molecule has 1 heterocycles. The van der Waals surface area contributed by atoms with E-state index in [1.165, 1.54) is 11.4 Å². The molecule has 0 aromatic heterocycles. The topological polar surface area (TPSA) is 76.2 Å². The highest BCUT2D eigenvalue weighted by atomic mass is 32.2. The van der Waals surface area contributed by atoms with Gasteiger partial charge >= 0.3 is 5.97 Å². The van der Waals surface area contributed by atoms with Crippen molar-refractivity contribution in [2.45, 2.75) is 11.0 Å². The molecule has 0 N–H and O–H groups in total. The quantitative estimate of drug-likeness (QED) is 0.582. The molecule has 6 nitrogen and oxygen atoms in total. The van der Waals surface area contributed by atoms with Crippen molar-refractivity contribution in [3.8, 4) is 11.1 Å². The molecular formula is C18H19NO5S. The van der Waals surface area contributed by atoms with E-state index < -0.39 is 16.0 Å². The van der Waals surface area contributed by atoms with E-state index in [-0.39, 0.29) is 11.0 Å². The largest absolute Gasteiger partial charge is 0.465 e. The molecule has 2 aromatic carbocycles. The Bertz CT molecular complexity index is 890. The maximum atomic E-state index is 12.7. The Balaban J connectivity index is 1.92. The fourth-order valence-electron chi connectivity index (χ4n) is 2.52. The van der Waals surface area contributed by atoms with Crippen LogP contribution in [-0.2, 0) is 19.5 Å². The van der Waals surface area contributed by atoms with Crippen LogP contribution in [0.1, 0.15) is 10.4 Å². The second-order valence-corrected chi connectivity index (χ2v) is 7.89. The van der Waals surface area contributed by atoms with Crippen molar-refractivity contribution < 1.29 is 22.7 Å². The van der Waals surface area contributed by atoms with Crippen molar-refractivity contribution in [1.29, 1.82) is 0 Å². The zero-order valence-corrected chi connectivity index (χ0v) is 14.8. The van der Waals surface area contributed by atoms with Gasteiger partial charge in [0.05, 0.1) is 30.3 Å². The van der Waals surface area contributed by atoms with Gasteiger partial charge in [-0.3, -0.25) is 0 Å². The van der Waals surface area contributed by atoms with Crippen molar-refractivity contribution in [3.63, 3.8) is 0 Å². The van der Waals surface area contributed by atoms with Crippen molar-refractivity contribution >= 4 is 16.0 Å². The third-order valence-corrected chi connectivity index (χ3v) is 5.84. The van der Waals surface area contributed by atoms with Crippen LogP contribution in [0.5, 0.6) is 0 Å². The van der Waals surface area contributed by atoms with Gasteiger partial charge in [0.15, 0.2) is 0 Å². The summed E-state index contributed by atoms with van der Waals surface area (Å²) in [5.74, 6) is -0.435. The molecule has 0 unspecified atom stereocenters. The van der Waals surface area contributed by atoms with Crippen molar-refractivity contribution in [2.75, 3.05) is 27.3 Å². The highest BCUT2D eigenvalue weighted by Crippen LogP contribution is 2.25. The minimum Gasteiger partial charge on any atom is -0.465 e. The molecule has 7 heteroatoms. The van der Waals surface area contributed by atoms with E-state index in [2.05, 4.69) is 0 Å². The first-order valence-corrected chi connectivity index (χ1v) is 9.22. The summed E-state index contributed by atoms with van der Waals surface area (Å²) in [5, 5.41) is 0. The molecule has 1 atom stereocenters. The second-order valence-electron chi connectivity index (χ2n) is 5.84. The van der Waals surface area contributed by atoms with E-state index in [1.807, 2.05) is 6.07 Å². The first-order valence-electron chi connectivity index (χ1n) is 7.78. The first kappa shape index (κ1) is 17.6. The average molecular weight is 361 g/mol. The Morgan fingerprint density at radius 2 is 1.84 bits per heavy atom. The van der Waals surface area contributed by atoms with E-state index in [4.69, 9.17) is 9.47 Å². The summed E-state index contributed by atoms with van der Waals surface area (Å²) in [5.41, 5.74) is 1.87. The number of methoxy groups -OCH3 is 1. The summed E-state index contributed by atoms with van der Waals surface area (Å²) in [6.07, 6.45) is -0.0142. The molecule has 1 aliphatic heterocycles. The van der Waals surface area contributed by atoms with Crippen LogP contribution in [0, 0.1) is 0 Å². The highest BCUT2D eigenvalue weighted by Gasteiger charge is 2.30. The number of carbonyl (C=O) groups is 1. The first-order chi connectivity index (χ1) is 11.9. The molecule has 132 valence electrons. The third kappa shape index (κ3) is 3.89. The van der Waals surface area contributed by atoms with Gasteiger partial charge in [-0.2, -0.15) is 4.31 Å². The molecule has 2 aromatic rings. The molecule has 1 aliphatic rings. The van der Waals surface area contributed by atoms with Gasteiger partial charge < -0.3 is 9.47 Å². The number of ether oxygens (including phenoxy) is 2. The number of sulfonamides is 1.